The lowest BCUT2D eigenvalue weighted by molar-refractivity contribution is 0.0955. The van der Waals surface area contributed by atoms with Crippen LogP contribution in [-0.2, 0) is 6.42 Å². The van der Waals surface area contributed by atoms with Crippen molar-refractivity contribution in [3.05, 3.63) is 59.2 Å². The molecule has 124 valence electrons. The van der Waals surface area contributed by atoms with Crippen LogP contribution in [0.3, 0.4) is 0 Å². The standard InChI is InChI=1S/C19H20N2O3/c1-13-4-3-5-16(9-13)19(22)21-20-11-14(2)8-15-6-7-17-18(10-15)24-12-23-17/h3-7,9-11,14H,8,12H2,1-2H3,(H,21,22)/t14-/m0/s1. The molecule has 1 N–H and O–H groups in total. The van der Waals surface area contributed by atoms with Gasteiger partial charge in [0.2, 0.25) is 6.79 Å². The minimum Gasteiger partial charge on any atom is -0.454 e. The van der Waals surface area contributed by atoms with Crippen molar-refractivity contribution in [3.8, 4) is 11.5 Å². The lowest BCUT2D eigenvalue weighted by atomic mass is 10.0. The van der Waals surface area contributed by atoms with E-state index in [1.54, 1.807) is 12.3 Å². The van der Waals surface area contributed by atoms with Crippen LogP contribution in [0.15, 0.2) is 47.6 Å². The zero-order valence-electron chi connectivity index (χ0n) is 13.8. The van der Waals surface area contributed by atoms with Crippen molar-refractivity contribution >= 4 is 12.1 Å². The van der Waals surface area contributed by atoms with Crippen LogP contribution in [0, 0.1) is 12.8 Å². The average Bonchev–Trinajstić information content (AvgIpc) is 3.02. The highest BCUT2D eigenvalue weighted by Crippen LogP contribution is 2.32. The monoisotopic (exact) mass is 324 g/mol. The van der Waals surface area contributed by atoms with Gasteiger partial charge in [-0.2, -0.15) is 5.10 Å². The van der Waals surface area contributed by atoms with E-state index in [-0.39, 0.29) is 18.6 Å². The smallest absolute Gasteiger partial charge is 0.271 e. The molecule has 0 spiro atoms. The zero-order valence-corrected chi connectivity index (χ0v) is 13.8. The summed E-state index contributed by atoms with van der Waals surface area (Å²) in [7, 11) is 0. The molecule has 0 aromatic heterocycles. The largest absolute Gasteiger partial charge is 0.454 e. The Morgan fingerprint density at radius 3 is 2.92 bits per heavy atom. The summed E-state index contributed by atoms with van der Waals surface area (Å²) in [6.45, 7) is 4.28. The highest BCUT2D eigenvalue weighted by molar-refractivity contribution is 5.94. The second kappa shape index (κ2) is 7.17. The number of aryl methyl sites for hydroxylation is 1. The quantitative estimate of drug-likeness (QED) is 0.678. The van der Waals surface area contributed by atoms with Crippen LogP contribution in [0.1, 0.15) is 28.4 Å². The van der Waals surface area contributed by atoms with Crippen LogP contribution in [-0.4, -0.2) is 18.9 Å². The minimum absolute atomic E-state index is 0.184. The second-order valence-electron chi connectivity index (χ2n) is 5.96. The van der Waals surface area contributed by atoms with Gasteiger partial charge in [-0.3, -0.25) is 4.79 Å². The molecule has 1 aliphatic rings. The first kappa shape index (κ1) is 16.1. The van der Waals surface area contributed by atoms with Crippen LogP contribution in [0.2, 0.25) is 0 Å². The summed E-state index contributed by atoms with van der Waals surface area (Å²) in [5.41, 5.74) is 5.36. The van der Waals surface area contributed by atoms with Crippen molar-refractivity contribution in [2.75, 3.05) is 6.79 Å². The number of carbonyl (C=O) groups is 1. The summed E-state index contributed by atoms with van der Waals surface area (Å²) >= 11 is 0. The predicted molar refractivity (Wildman–Crippen MR) is 92.6 cm³/mol. The van der Waals surface area contributed by atoms with Crippen molar-refractivity contribution in [1.29, 1.82) is 0 Å². The third kappa shape index (κ3) is 3.93. The average molecular weight is 324 g/mol. The normalized spacial score (nSPS) is 13.9. The predicted octanol–water partition coefficient (Wildman–Crippen LogP) is 3.32. The molecule has 0 bridgehead atoms. The van der Waals surface area contributed by atoms with E-state index >= 15 is 0 Å². The van der Waals surface area contributed by atoms with Crippen molar-refractivity contribution in [2.24, 2.45) is 11.0 Å². The number of hydrogen-bond donors (Lipinski definition) is 1. The van der Waals surface area contributed by atoms with E-state index in [1.165, 1.54) is 0 Å². The summed E-state index contributed by atoms with van der Waals surface area (Å²) in [5.74, 6) is 1.54. The first-order valence-corrected chi connectivity index (χ1v) is 7.90. The Kier molecular flexibility index (Phi) is 4.79. The minimum atomic E-state index is -0.203. The number of rotatable bonds is 5. The fraction of sp³-hybridized carbons (Fsp3) is 0.263. The van der Waals surface area contributed by atoms with Crippen molar-refractivity contribution in [2.45, 2.75) is 20.3 Å². The molecular weight excluding hydrogens is 304 g/mol. The van der Waals surface area contributed by atoms with Crippen LogP contribution >= 0.6 is 0 Å². The number of nitrogens with zero attached hydrogens (tertiary/aromatic N) is 1. The third-order valence-electron chi connectivity index (χ3n) is 3.77. The summed E-state index contributed by atoms with van der Waals surface area (Å²) in [5, 5.41) is 4.07. The Labute approximate surface area is 141 Å². The molecule has 2 aromatic rings. The second-order valence-corrected chi connectivity index (χ2v) is 5.96. The van der Waals surface area contributed by atoms with Gasteiger partial charge >= 0.3 is 0 Å². The number of amides is 1. The number of carbonyl (C=O) groups excluding carboxylic acids is 1. The Bertz CT molecular complexity index is 771. The lowest BCUT2D eigenvalue weighted by Gasteiger charge is -2.07. The molecule has 1 amide bonds. The number of ether oxygens (including phenoxy) is 2. The first-order chi connectivity index (χ1) is 11.6. The maximum atomic E-state index is 12.0. The first-order valence-electron chi connectivity index (χ1n) is 7.90. The van der Waals surface area contributed by atoms with Crippen molar-refractivity contribution in [3.63, 3.8) is 0 Å². The summed E-state index contributed by atoms with van der Waals surface area (Å²) in [4.78, 5) is 12.0. The molecule has 2 aromatic carbocycles. The van der Waals surface area contributed by atoms with Crippen LogP contribution in [0.25, 0.3) is 0 Å². The molecule has 0 fully saturated rings. The fourth-order valence-corrected chi connectivity index (χ4v) is 2.57. The molecule has 3 rings (SSSR count). The van der Waals surface area contributed by atoms with E-state index in [0.29, 0.717) is 5.56 Å². The van der Waals surface area contributed by atoms with Gasteiger partial charge < -0.3 is 9.47 Å². The van der Waals surface area contributed by atoms with Crippen LogP contribution < -0.4 is 14.9 Å². The van der Waals surface area contributed by atoms with Gasteiger partial charge in [-0.05, 0) is 49.1 Å². The third-order valence-corrected chi connectivity index (χ3v) is 3.77. The van der Waals surface area contributed by atoms with Crippen LogP contribution in [0.4, 0.5) is 0 Å². The Morgan fingerprint density at radius 1 is 1.25 bits per heavy atom. The highest BCUT2D eigenvalue weighted by atomic mass is 16.7. The number of benzene rings is 2. The highest BCUT2D eigenvalue weighted by Gasteiger charge is 2.13. The van der Waals surface area contributed by atoms with Crippen molar-refractivity contribution < 1.29 is 14.3 Å². The molecule has 1 aliphatic heterocycles. The molecular formula is C19H20N2O3. The molecule has 0 saturated heterocycles. The van der Waals surface area contributed by atoms with Gasteiger partial charge in [-0.25, -0.2) is 5.43 Å². The number of nitrogens with one attached hydrogen (secondary N) is 1. The Hall–Kier alpha value is -2.82. The Morgan fingerprint density at radius 2 is 2.08 bits per heavy atom. The lowest BCUT2D eigenvalue weighted by Crippen LogP contribution is -2.18. The van der Waals surface area contributed by atoms with Gasteiger partial charge in [0.1, 0.15) is 0 Å². The van der Waals surface area contributed by atoms with Gasteiger partial charge in [0.25, 0.3) is 5.91 Å². The molecule has 24 heavy (non-hydrogen) atoms. The van der Waals surface area contributed by atoms with Gasteiger partial charge in [0.15, 0.2) is 11.5 Å². The number of fused-ring (bicyclic) bond motifs is 1. The maximum Gasteiger partial charge on any atom is 0.271 e. The number of hydrazone groups is 1. The van der Waals surface area contributed by atoms with E-state index in [9.17, 15) is 4.79 Å². The molecule has 1 atom stereocenters. The van der Waals surface area contributed by atoms with Crippen molar-refractivity contribution in [1.82, 2.24) is 5.43 Å². The van der Waals surface area contributed by atoms with Gasteiger partial charge in [-0.1, -0.05) is 30.7 Å². The summed E-state index contributed by atoms with van der Waals surface area (Å²) in [6, 6.07) is 13.3. The van der Waals surface area contributed by atoms with Gasteiger partial charge in [0.05, 0.1) is 0 Å². The van der Waals surface area contributed by atoms with Gasteiger partial charge in [0, 0.05) is 11.8 Å². The van der Waals surface area contributed by atoms with E-state index in [4.69, 9.17) is 9.47 Å². The van der Waals surface area contributed by atoms with E-state index in [1.807, 2.05) is 50.2 Å². The van der Waals surface area contributed by atoms with E-state index in [0.717, 1.165) is 29.0 Å². The van der Waals surface area contributed by atoms with Gasteiger partial charge in [-0.15, -0.1) is 0 Å². The molecule has 1 heterocycles. The molecule has 0 saturated carbocycles. The van der Waals surface area contributed by atoms with Crippen LogP contribution in [0.5, 0.6) is 11.5 Å². The Balaban J connectivity index is 1.54. The van der Waals surface area contributed by atoms with E-state index < -0.39 is 0 Å². The number of hydrogen-bond acceptors (Lipinski definition) is 4. The summed E-state index contributed by atoms with van der Waals surface area (Å²) < 4.78 is 10.7. The molecule has 5 heteroatoms. The summed E-state index contributed by atoms with van der Waals surface area (Å²) in [6.07, 6.45) is 2.55. The molecule has 0 aliphatic carbocycles. The fourth-order valence-electron chi connectivity index (χ4n) is 2.57. The molecule has 5 nitrogen and oxygen atoms in total. The SMILES string of the molecule is Cc1cccc(C(=O)NN=C[C@@H](C)Cc2ccc3c(c2)OCO3)c1. The molecule has 0 unspecified atom stereocenters. The zero-order chi connectivity index (χ0) is 16.9. The topological polar surface area (TPSA) is 59.9 Å². The maximum absolute atomic E-state index is 12.0. The molecule has 0 radical (unpaired) electrons. The van der Waals surface area contributed by atoms with E-state index in [2.05, 4.69) is 10.5 Å².